The normalized spacial score (nSPS) is 14.5. The summed E-state index contributed by atoms with van der Waals surface area (Å²) in [6.07, 6.45) is 3.17. The fraction of sp³-hybridized carbons (Fsp3) is 0.115. The fourth-order valence-corrected chi connectivity index (χ4v) is 3.92. The van der Waals surface area contributed by atoms with Crippen LogP contribution in [0.4, 0.5) is 5.82 Å². The van der Waals surface area contributed by atoms with Crippen molar-refractivity contribution in [2.24, 2.45) is 0 Å². The molecule has 1 aliphatic rings. The molecule has 0 bridgehead atoms. The van der Waals surface area contributed by atoms with Gasteiger partial charge in [-0.05, 0) is 11.1 Å². The van der Waals surface area contributed by atoms with Crippen molar-refractivity contribution in [3.63, 3.8) is 0 Å². The molecule has 1 N–H and O–H groups in total. The molecule has 0 saturated heterocycles. The zero-order valence-corrected chi connectivity index (χ0v) is 17.8. The van der Waals surface area contributed by atoms with Crippen molar-refractivity contribution < 1.29 is 9.36 Å². The monoisotopic (exact) mass is 428 g/mol. The van der Waals surface area contributed by atoms with E-state index in [0.717, 1.165) is 28.3 Å². The van der Waals surface area contributed by atoms with Gasteiger partial charge in [0, 0.05) is 18.4 Å². The summed E-state index contributed by atoms with van der Waals surface area (Å²) in [6.45, 7) is 0. The quantitative estimate of drug-likeness (QED) is 0.467. The zero-order valence-electron chi connectivity index (χ0n) is 16.9. The van der Waals surface area contributed by atoms with Gasteiger partial charge in [0.2, 0.25) is 0 Å². The van der Waals surface area contributed by atoms with E-state index < -0.39 is 0 Å². The van der Waals surface area contributed by atoms with Gasteiger partial charge in [-0.15, -0.1) is 12.4 Å². The lowest BCUT2D eigenvalue weighted by Crippen LogP contribution is -2.44. The van der Waals surface area contributed by atoms with E-state index in [9.17, 15) is 4.79 Å². The van der Waals surface area contributed by atoms with Gasteiger partial charge in [-0.2, -0.15) is 4.57 Å². The molecule has 3 aromatic carbocycles. The van der Waals surface area contributed by atoms with Gasteiger partial charge in [-0.1, -0.05) is 91.0 Å². The molecule has 4 aromatic rings. The van der Waals surface area contributed by atoms with E-state index in [1.165, 1.54) is 5.56 Å². The highest BCUT2D eigenvalue weighted by atomic mass is 35.5. The van der Waals surface area contributed by atoms with E-state index in [0.29, 0.717) is 12.8 Å². The van der Waals surface area contributed by atoms with Crippen LogP contribution in [0.1, 0.15) is 21.6 Å². The van der Waals surface area contributed by atoms with Crippen LogP contribution in [0.25, 0.3) is 11.3 Å². The number of fused-ring (bicyclic) bond motifs is 1. The number of nitrogens with zero attached hydrogens (tertiary/aromatic N) is 2. The lowest BCUT2D eigenvalue weighted by molar-refractivity contribution is -0.552. The number of benzene rings is 3. The van der Waals surface area contributed by atoms with E-state index in [-0.39, 0.29) is 24.4 Å². The molecule has 2 heterocycles. The molecule has 5 rings (SSSR count). The Bertz CT molecular complexity index is 1180. The Labute approximate surface area is 188 Å². The summed E-state index contributed by atoms with van der Waals surface area (Å²) >= 11 is 0. The van der Waals surface area contributed by atoms with Crippen molar-refractivity contribution in [2.75, 3.05) is 5.32 Å². The number of carbonyl (C=O) groups is 1. The Morgan fingerprint density at radius 2 is 1.39 bits per heavy atom. The average Bonchev–Trinajstić information content (AvgIpc) is 3.11. The summed E-state index contributed by atoms with van der Waals surface area (Å²) in [5.74, 6) is 0.854. The minimum Gasteiger partial charge on any atom is -0.258 e. The molecule has 154 valence electrons. The molecule has 1 atom stereocenters. The van der Waals surface area contributed by atoms with Crippen LogP contribution in [0.3, 0.4) is 0 Å². The van der Waals surface area contributed by atoms with Crippen LogP contribution in [0.2, 0.25) is 0 Å². The molecule has 31 heavy (non-hydrogen) atoms. The van der Waals surface area contributed by atoms with Crippen LogP contribution < -0.4 is 9.88 Å². The molecule has 0 aliphatic carbocycles. The third-order valence-electron chi connectivity index (χ3n) is 5.43. The number of anilines is 1. The van der Waals surface area contributed by atoms with Crippen molar-refractivity contribution in [3.05, 3.63) is 114 Å². The fourth-order valence-electron chi connectivity index (χ4n) is 3.92. The number of carbonyl (C=O) groups excluding carboxylic acids is 1. The Balaban J connectivity index is 0.00000231. The van der Waals surface area contributed by atoms with Gasteiger partial charge in [-0.25, -0.2) is 9.78 Å². The van der Waals surface area contributed by atoms with Crippen LogP contribution in [0.5, 0.6) is 0 Å². The van der Waals surface area contributed by atoms with E-state index in [1.807, 2.05) is 72.9 Å². The Hall–Kier alpha value is -3.50. The summed E-state index contributed by atoms with van der Waals surface area (Å²) in [4.78, 5) is 18.2. The number of rotatable bonds is 5. The molecule has 4 nitrogen and oxygen atoms in total. The zero-order chi connectivity index (χ0) is 20.3. The second-order valence-corrected chi connectivity index (χ2v) is 7.54. The molecule has 0 spiro atoms. The summed E-state index contributed by atoms with van der Waals surface area (Å²) in [5.41, 5.74) is 4.99. The summed E-state index contributed by atoms with van der Waals surface area (Å²) in [5, 5.41) is 3.45. The van der Waals surface area contributed by atoms with Gasteiger partial charge in [0.1, 0.15) is 17.6 Å². The molecule has 1 aliphatic heterocycles. The predicted molar refractivity (Wildman–Crippen MR) is 125 cm³/mol. The van der Waals surface area contributed by atoms with Gasteiger partial charge in [0.05, 0.1) is 0 Å². The first kappa shape index (κ1) is 20.8. The largest absolute Gasteiger partial charge is 0.359 e. The number of aromatic nitrogens is 2. The highest BCUT2D eigenvalue weighted by Gasteiger charge is 2.40. The van der Waals surface area contributed by atoms with Crippen LogP contribution in [-0.2, 0) is 12.8 Å². The van der Waals surface area contributed by atoms with E-state index in [1.54, 1.807) is 4.57 Å². The van der Waals surface area contributed by atoms with Crippen LogP contribution in [-0.4, -0.2) is 16.9 Å². The van der Waals surface area contributed by atoms with Crippen molar-refractivity contribution >= 4 is 24.1 Å². The first-order valence-electron chi connectivity index (χ1n) is 10.2. The molecule has 5 heteroatoms. The maximum Gasteiger partial charge on any atom is 0.359 e. The van der Waals surface area contributed by atoms with E-state index in [2.05, 4.69) is 29.6 Å². The second-order valence-electron chi connectivity index (χ2n) is 7.54. The lowest BCUT2D eigenvalue weighted by atomic mass is 10.1. The predicted octanol–water partition coefficient (Wildman–Crippen LogP) is 4.73. The maximum atomic E-state index is 13.3. The third-order valence-corrected chi connectivity index (χ3v) is 5.43. The topological polar surface area (TPSA) is 45.9 Å². The Kier molecular flexibility index (Phi) is 6.10. The smallest absolute Gasteiger partial charge is 0.258 e. The maximum absolute atomic E-state index is 13.3. The van der Waals surface area contributed by atoms with E-state index in [4.69, 9.17) is 4.98 Å². The van der Waals surface area contributed by atoms with Gasteiger partial charge >= 0.3 is 11.7 Å². The first-order valence-corrected chi connectivity index (χ1v) is 10.2. The standard InChI is InChI=1S/C26H21N3O.ClH/c30-26-23(17-20-12-6-2-7-13-20)28-25-22(16-19-10-4-1-5-11-19)27-24(18-29(25)26)21-14-8-3-9-15-21;/h1-15,18,23H,16-17H2;1H/p+1. The number of hydrogen-bond acceptors (Lipinski definition) is 3. The molecule has 1 aromatic heterocycles. The van der Waals surface area contributed by atoms with Crippen molar-refractivity contribution in [1.82, 2.24) is 4.98 Å². The Morgan fingerprint density at radius 3 is 2.03 bits per heavy atom. The van der Waals surface area contributed by atoms with Crippen molar-refractivity contribution in [2.45, 2.75) is 18.9 Å². The number of halogens is 1. The average molecular weight is 429 g/mol. The van der Waals surface area contributed by atoms with Crippen molar-refractivity contribution in [3.8, 4) is 11.3 Å². The molecule has 0 amide bonds. The van der Waals surface area contributed by atoms with Gasteiger partial charge in [0.15, 0.2) is 6.04 Å². The summed E-state index contributed by atoms with van der Waals surface area (Å²) < 4.78 is 1.75. The third kappa shape index (κ3) is 4.35. The lowest BCUT2D eigenvalue weighted by Gasteiger charge is -2.07. The van der Waals surface area contributed by atoms with Gasteiger partial charge < -0.3 is 0 Å². The van der Waals surface area contributed by atoms with Crippen LogP contribution in [0, 0.1) is 0 Å². The van der Waals surface area contributed by atoms with Gasteiger partial charge in [-0.3, -0.25) is 5.32 Å². The molecular formula is C26H23ClN3O+. The SMILES string of the molecule is Cl.O=C1C(Cc2ccccc2)Nc2c(Cc3ccccc3)nc(-c3ccccc3)c[n+]21. The van der Waals surface area contributed by atoms with Gasteiger partial charge in [0.25, 0.3) is 0 Å². The molecule has 1 unspecified atom stereocenters. The highest BCUT2D eigenvalue weighted by Crippen LogP contribution is 2.24. The highest BCUT2D eigenvalue weighted by molar-refractivity contribution is 5.85. The first-order chi connectivity index (χ1) is 14.8. The summed E-state index contributed by atoms with van der Waals surface area (Å²) in [7, 11) is 0. The minimum absolute atomic E-state index is 0. The van der Waals surface area contributed by atoms with E-state index >= 15 is 0 Å². The minimum atomic E-state index is -0.297. The summed E-state index contributed by atoms with van der Waals surface area (Å²) in [6, 6.07) is 30.1. The molecule has 0 radical (unpaired) electrons. The Morgan fingerprint density at radius 1 is 0.806 bits per heavy atom. The second kappa shape index (κ2) is 9.11. The number of hydrogen-bond donors (Lipinski definition) is 1. The van der Waals surface area contributed by atoms with Crippen LogP contribution in [0.15, 0.2) is 97.2 Å². The van der Waals surface area contributed by atoms with Crippen molar-refractivity contribution in [1.29, 1.82) is 0 Å². The number of nitrogens with one attached hydrogen (secondary N) is 1. The van der Waals surface area contributed by atoms with Crippen LogP contribution >= 0.6 is 12.4 Å². The molecular weight excluding hydrogens is 406 g/mol. The molecule has 0 fully saturated rings. The molecule has 0 saturated carbocycles.